The summed E-state index contributed by atoms with van der Waals surface area (Å²) in [6.45, 7) is 4.00. The predicted octanol–water partition coefficient (Wildman–Crippen LogP) is -0.178. The zero-order valence-corrected chi connectivity index (χ0v) is 10.5. The average Bonchev–Trinajstić information content (AvgIpc) is 2.62. The van der Waals surface area contributed by atoms with Crippen LogP contribution in [0.5, 0.6) is 0 Å². The van der Waals surface area contributed by atoms with Crippen LogP contribution < -0.4 is 5.32 Å². The summed E-state index contributed by atoms with van der Waals surface area (Å²) < 4.78 is 23.5. The van der Waals surface area contributed by atoms with Gasteiger partial charge < -0.3 is 5.32 Å². The van der Waals surface area contributed by atoms with Crippen molar-refractivity contribution in [3.63, 3.8) is 0 Å². The molecule has 6 nitrogen and oxygen atoms in total. The second-order valence-corrected chi connectivity index (χ2v) is 5.99. The normalized spacial score (nSPS) is 11.9. The lowest BCUT2D eigenvalue weighted by Crippen LogP contribution is -2.16. The Labute approximate surface area is 96.0 Å². The second kappa shape index (κ2) is 5.95. The highest BCUT2D eigenvalue weighted by Gasteiger charge is 2.04. The molecule has 0 aromatic carbocycles. The molecule has 0 saturated carbocycles. The van der Waals surface area contributed by atoms with Crippen molar-refractivity contribution < 1.29 is 8.42 Å². The van der Waals surface area contributed by atoms with Crippen molar-refractivity contribution in [2.24, 2.45) is 0 Å². The Hall–Kier alpha value is -0.950. The number of nitrogens with one attached hydrogen (secondary N) is 1. The molecule has 1 aromatic heterocycles. The molecule has 0 atom stereocenters. The van der Waals surface area contributed by atoms with Gasteiger partial charge in [0, 0.05) is 6.26 Å². The fourth-order valence-corrected chi connectivity index (χ4v) is 1.68. The third-order valence-corrected chi connectivity index (χ3v) is 2.91. The maximum absolute atomic E-state index is 10.9. The van der Waals surface area contributed by atoms with E-state index in [4.69, 9.17) is 0 Å². The largest absolute Gasteiger partial charge is 0.310 e. The van der Waals surface area contributed by atoms with Crippen molar-refractivity contribution in [2.45, 2.75) is 26.4 Å². The summed E-state index contributed by atoms with van der Waals surface area (Å²) in [7, 11) is -2.94. The molecule has 1 rings (SSSR count). The van der Waals surface area contributed by atoms with Crippen LogP contribution >= 0.6 is 0 Å². The molecule has 0 fully saturated rings. The molecule has 1 N–H and O–H groups in total. The van der Waals surface area contributed by atoms with Gasteiger partial charge in [-0.3, -0.25) is 4.68 Å². The zero-order valence-electron chi connectivity index (χ0n) is 9.68. The van der Waals surface area contributed by atoms with Gasteiger partial charge in [-0.15, -0.1) is 0 Å². The summed E-state index contributed by atoms with van der Waals surface area (Å²) in [6, 6.07) is 0. The minimum Gasteiger partial charge on any atom is -0.310 e. The Morgan fingerprint density at radius 3 is 2.88 bits per heavy atom. The van der Waals surface area contributed by atoms with Gasteiger partial charge in [0.05, 0.1) is 18.8 Å². The standard InChI is InChI=1S/C9H18N4O2S/c1-3-4-10-7-9-11-8-13(12-9)5-6-16(2,14)15/h8,10H,3-7H2,1-2H3. The van der Waals surface area contributed by atoms with E-state index in [9.17, 15) is 8.42 Å². The number of nitrogens with zero attached hydrogens (tertiary/aromatic N) is 3. The van der Waals surface area contributed by atoms with Crippen LogP contribution in [0.3, 0.4) is 0 Å². The van der Waals surface area contributed by atoms with Gasteiger partial charge in [0.15, 0.2) is 5.82 Å². The number of sulfone groups is 1. The SMILES string of the molecule is CCCNCc1ncn(CCS(C)(=O)=O)n1. The molecule has 92 valence electrons. The monoisotopic (exact) mass is 246 g/mol. The number of hydrogen-bond donors (Lipinski definition) is 1. The van der Waals surface area contributed by atoms with E-state index in [1.807, 2.05) is 0 Å². The smallest absolute Gasteiger partial charge is 0.164 e. The molecule has 0 unspecified atom stereocenters. The van der Waals surface area contributed by atoms with Gasteiger partial charge in [0.25, 0.3) is 0 Å². The first-order chi connectivity index (χ1) is 7.51. The Kier molecular flexibility index (Phi) is 4.88. The summed E-state index contributed by atoms with van der Waals surface area (Å²) >= 11 is 0. The molecule has 0 bridgehead atoms. The van der Waals surface area contributed by atoms with Crippen molar-refractivity contribution >= 4 is 9.84 Å². The van der Waals surface area contributed by atoms with Crippen molar-refractivity contribution in [2.75, 3.05) is 18.6 Å². The van der Waals surface area contributed by atoms with Crippen LogP contribution in [0.4, 0.5) is 0 Å². The van der Waals surface area contributed by atoms with Gasteiger partial charge >= 0.3 is 0 Å². The van der Waals surface area contributed by atoms with Crippen LogP contribution in [0.15, 0.2) is 6.33 Å². The van der Waals surface area contributed by atoms with Gasteiger partial charge in [-0.1, -0.05) is 6.92 Å². The highest BCUT2D eigenvalue weighted by Crippen LogP contribution is 1.92. The van der Waals surface area contributed by atoms with E-state index in [0.29, 0.717) is 18.9 Å². The maximum atomic E-state index is 10.9. The third-order valence-electron chi connectivity index (χ3n) is 1.98. The maximum Gasteiger partial charge on any atom is 0.164 e. The van der Waals surface area contributed by atoms with Crippen LogP contribution in [-0.2, 0) is 22.9 Å². The number of rotatable bonds is 7. The highest BCUT2D eigenvalue weighted by molar-refractivity contribution is 7.90. The molecule has 0 saturated heterocycles. The predicted molar refractivity (Wildman–Crippen MR) is 61.7 cm³/mol. The lowest BCUT2D eigenvalue weighted by Gasteiger charge is -1.99. The minimum atomic E-state index is -2.94. The summed E-state index contributed by atoms with van der Waals surface area (Å²) in [4.78, 5) is 4.08. The lowest BCUT2D eigenvalue weighted by molar-refractivity contribution is 0.580. The summed E-state index contributed by atoms with van der Waals surface area (Å²) in [5, 5.41) is 7.34. The van der Waals surface area contributed by atoms with E-state index in [1.54, 1.807) is 11.0 Å². The molecular weight excluding hydrogens is 228 g/mol. The molecule has 1 aromatic rings. The van der Waals surface area contributed by atoms with E-state index in [-0.39, 0.29) is 5.75 Å². The van der Waals surface area contributed by atoms with E-state index >= 15 is 0 Å². The van der Waals surface area contributed by atoms with Crippen molar-refractivity contribution in [3.05, 3.63) is 12.2 Å². The van der Waals surface area contributed by atoms with E-state index in [2.05, 4.69) is 22.3 Å². The van der Waals surface area contributed by atoms with Crippen LogP contribution in [0.25, 0.3) is 0 Å². The van der Waals surface area contributed by atoms with Crippen LogP contribution in [0.1, 0.15) is 19.2 Å². The summed E-state index contributed by atoms with van der Waals surface area (Å²) in [5.74, 6) is 0.792. The molecule has 0 amide bonds. The Bertz CT molecular complexity index is 413. The van der Waals surface area contributed by atoms with Crippen molar-refractivity contribution in [3.8, 4) is 0 Å². The van der Waals surface area contributed by atoms with Crippen molar-refractivity contribution in [1.29, 1.82) is 0 Å². The molecule has 0 aliphatic heterocycles. The Morgan fingerprint density at radius 2 is 2.25 bits per heavy atom. The highest BCUT2D eigenvalue weighted by atomic mass is 32.2. The van der Waals surface area contributed by atoms with Gasteiger partial charge in [-0.05, 0) is 13.0 Å². The first-order valence-corrected chi connectivity index (χ1v) is 7.34. The fraction of sp³-hybridized carbons (Fsp3) is 0.778. The Morgan fingerprint density at radius 1 is 1.50 bits per heavy atom. The van der Waals surface area contributed by atoms with E-state index in [0.717, 1.165) is 13.0 Å². The first-order valence-electron chi connectivity index (χ1n) is 5.28. The van der Waals surface area contributed by atoms with Gasteiger partial charge in [0.2, 0.25) is 0 Å². The van der Waals surface area contributed by atoms with Gasteiger partial charge in [0.1, 0.15) is 16.2 Å². The molecular formula is C9H18N4O2S. The first kappa shape index (κ1) is 13.1. The number of aromatic nitrogens is 3. The third kappa shape index (κ3) is 5.22. The van der Waals surface area contributed by atoms with Gasteiger partial charge in [-0.2, -0.15) is 5.10 Å². The van der Waals surface area contributed by atoms with Gasteiger partial charge in [-0.25, -0.2) is 13.4 Å². The summed E-state index contributed by atoms with van der Waals surface area (Å²) in [6.07, 6.45) is 3.84. The number of hydrogen-bond acceptors (Lipinski definition) is 5. The molecule has 0 aliphatic rings. The lowest BCUT2D eigenvalue weighted by atomic mass is 10.5. The van der Waals surface area contributed by atoms with Crippen LogP contribution in [-0.4, -0.2) is 41.7 Å². The van der Waals surface area contributed by atoms with Crippen molar-refractivity contribution in [1.82, 2.24) is 20.1 Å². The fourth-order valence-electron chi connectivity index (χ4n) is 1.16. The molecule has 16 heavy (non-hydrogen) atoms. The molecule has 1 heterocycles. The average molecular weight is 246 g/mol. The zero-order chi connectivity index (χ0) is 12.0. The Balaban J connectivity index is 2.39. The van der Waals surface area contributed by atoms with E-state index in [1.165, 1.54) is 6.26 Å². The quantitative estimate of drug-likeness (QED) is 0.675. The topological polar surface area (TPSA) is 76.9 Å². The number of aryl methyl sites for hydroxylation is 1. The summed E-state index contributed by atoms with van der Waals surface area (Å²) in [5.41, 5.74) is 0. The molecule has 0 aliphatic carbocycles. The van der Waals surface area contributed by atoms with Crippen LogP contribution in [0, 0.1) is 0 Å². The van der Waals surface area contributed by atoms with Crippen LogP contribution in [0.2, 0.25) is 0 Å². The molecule has 0 radical (unpaired) electrons. The molecule has 7 heteroatoms. The molecule has 0 spiro atoms. The van der Waals surface area contributed by atoms with E-state index < -0.39 is 9.84 Å². The second-order valence-electron chi connectivity index (χ2n) is 3.73. The minimum absolute atomic E-state index is 0.0954.